The van der Waals surface area contributed by atoms with E-state index in [4.69, 9.17) is 5.11 Å². The van der Waals surface area contributed by atoms with Crippen molar-refractivity contribution < 1.29 is 5.11 Å². The molecule has 90 valence electrons. The molecule has 3 heteroatoms. The summed E-state index contributed by atoms with van der Waals surface area (Å²) in [5, 5.41) is 12.3. The lowest BCUT2D eigenvalue weighted by atomic mass is 10.1. The molecule has 2 N–H and O–H groups in total. The second kappa shape index (κ2) is 7.20. The zero-order chi connectivity index (χ0) is 11.1. The van der Waals surface area contributed by atoms with Gasteiger partial charge in [-0.15, -0.1) is 0 Å². The van der Waals surface area contributed by atoms with E-state index < -0.39 is 0 Å². The van der Waals surface area contributed by atoms with Crippen LogP contribution in [0.2, 0.25) is 0 Å². The van der Waals surface area contributed by atoms with Crippen LogP contribution in [0.4, 0.5) is 0 Å². The highest BCUT2D eigenvalue weighted by Gasteiger charge is 2.17. The Kier molecular flexibility index (Phi) is 6.22. The summed E-state index contributed by atoms with van der Waals surface area (Å²) in [6.45, 7) is 8.28. The van der Waals surface area contributed by atoms with Crippen LogP contribution < -0.4 is 5.32 Å². The summed E-state index contributed by atoms with van der Waals surface area (Å²) >= 11 is 0. The molecule has 1 rings (SSSR count). The van der Waals surface area contributed by atoms with Gasteiger partial charge in [0, 0.05) is 18.7 Å². The van der Waals surface area contributed by atoms with Crippen LogP contribution in [-0.2, 0) is 0 Å². The molecule has 1 aliphatic rings. The van der Waals surface area contributed by atoms with Crippen LogP contribution in [0.15, 0.2) is 0 Å². The van der Waals surface area contributed by atoms with Gasteiger partial charge in [-0.3, -0.25) is 0 Å². The van der Waals surface area contributed by atoms with Gasteiger partial charge in [-0.25, -0.2) is 0 Å². The minimum atomic E-state index is 0.303. The number of hydrogen-bond donors (Lipinski definition) is 2. The SMILES string of the molecule is CC(C)N1CCCC(NCCCO)CC1. The average Bonchev–Trinajstić information content (AvgIpc) is 2.44. The van der Waals surface area contributed by atoms with Crippen LogP contribution in [0.5, 0.6) is 0 Å². The Balaban J connectivity index is 2.20. The average molecular weight is 214 g/mol. The van der Waals surface area contributed by atoms with E-state index in [0.29, 0.717) is 18.7 Å². The zero-order valence-corrected chi connectivity index (χ0v) is 10.2. The Morgan fingerprint density at radius 1 is 1.33 bits per heavy atom. The highest BCUT2D eigenvalue weighted by Crippen LogP contribution is 2.13. The van der Waals surface area contributed by atoms with Gasteiger partial charge in [-0.2, -0.15) is 0 Å². The third-order valence-corrected chi connectivity index (χ3v) is 3.26. The quantitative estimate of drug-likeness (QED) is 0.676. The molecule has 0 bridgehead atoms. The van der Waals surface area contributed by atoms with Crippen LogP contribution >= 0.6 is 0 Å². The van der Waals surface area contributed by atoms with Gasteiger partial charge < -0.3 is 15.3 Å². The number of rotatable bonds is 5. The predicted octanol–water partition coefficient (Wildman–Crippen LogP) is 1.22. The molecule has 0 amide bonds. The monoisotopic (exact) mass is 214 g/mol. The minimum Gasteiger partial charge on any atom is -0.396 e. The summed E-state index contributed by atoms with van der Waals surface area (Å²) in [6, 6.07) is 1.35. The summed E-state index contributed by atoms with van der Waals surface area (Å²) in [5.41, 5.74) is 0. The van der Waals surface area contributed by atoms with Gasteiger partial charge in [0.25, 0.3) is 0 Å². The van der Waals surface area contributed by atoms with Crippen molar-refractivity contribution in [2.24, 2.45) is 0 Å². The Labute approximate surface area is 93.9 Å². The zero-order valence-electron chi connectivity index (χ0n) is 10.2. The van der Waals surface area contributed by atoms with Crippen LogP contribution in [0.1, 0.15) is 39.5 Å². The summed E-state index contributed by atoms with van der Waals surface area (Å²) in [7, 11) is 0. The lowest BCUT2D eigenvalue weighted by Gasteiger charge is -2.24. The van der Waals surface area contributed by atoms with Crippen molar-refractivity contribution in [1.82, 2.24) is 10.2 Å². The molecule has 0 aromatic heterocycles. The maximum atomic E-state index is 8.72. The van der Waals surface area contributed by atoms with Crippen molar-refractivity contribution >= 4 is 0 Å². The molecule has 0 aliphatic carbocycles. The Morgan fingerprint density at radius 2 is 2.13 bits per heavy atom. The molecule has 0 spiro atoms. The molecule has 0 radical (unpaired) electrons. The fraction of sp³-hybridized carbons (Fsp3) is 1.00. The topological polar surface area (TPSA) is 35.5 Å². The Morgan fingerprint density at radius 3 is 2.80 bits per heavy atom. The van der Waals surface area contributed by atoms with E-state index in [0.717, 1.165) is 13.0 Å². The molecule has 1 aliphatic heterocycles. The van der Waals surface area contributed by atoms with E-state index in [1.807, 2.05) is 0 Å². The van der Waals surface area contributed by atoms with Gasteiger partial charge in [0.1, 0.15) is 0 Å². The normalized spacial score (nSPS) is 24.4. The number of likely N-dealkylation sites (tertiary alicyclic amines) is 1. The summed E-state index contributed by atoms with van der Waals surface area (Å²) < 4.78 is 0. The third-order valence-electron chi connectivity index (χ3n) is 3.26. The van der Waals surface area contributed by atoms with Gasteiger partial charge in [-0.1, -0.05) is 0 Å². The first-order valence-corrected chi connectivity index (χ1v) is 6.32. The van der Waals surface area contributed by atoms with E-state index in [1.165, 1.54) is 32.4 Å². The second-order valence-electron chi connectivity index (χ2n) is 4.79. The fourth-order valence-electron chi connectivity index (χ4n) is 2.22. The van der Waals surface area contributed by atoms with E-state index in [1.54, 1.807) is 0 Å². The molecule has 1 fully saturated rings. The molecular formula is C12H26N2O. The summed E-state index contributed by atoms with van der Waals surface area (Å²) in [4.78, 5) is 2.56. The van der Waals surface area contributed by atoms with Crippen molar-refractivity contribution in [1.29, 1.82) is 0 Å². The molecule has 0 saturated carbocycles. The molecule has 1 saturated heterocycles. The number of nitrogens with one attached hydrogen (secondary N) is 1. The fourth-order valence-corrected chi connectivity index (χ4v) is 2.22. The standard InChI is InChI=1S/C12H26N2O/c1-11(2)14-8-3-5-12(6-9-14)13-7-4-10-15/h11-13,15H,3-10H2,1-2H3. The molecule has 15 heavy (non-hydrogen) atoms. The Bertz CT molecular complexity index is 162. The molecule has 3 nitrogen and oxygen atoms in total. The highest BCUT2D eigenvalue weighted by atomic mass is 16.3. The summed E-state index contributed by atoms with van der Waals surface area (Å²) in [5.74, 6) is 0. The summed E-state index contributed by atoms with van der Waals surface area (Å²) in [6.07, 6.45) is 4.72. The number of hydrogen-bond acceptors (Lipinski definition) is 3. The first-order valence-electron chi connectivity index (χ1n) is 6.32. The molecule has 0 aromatic rings. The van der Waals surface area contributed by atoms with Gasteiger partial charge in [-0.05, 0) is 59.2 Å². The smallest absolute Gasteiger partial charge is 0.0443 e. The maximum absolute atomic E-state index is 8.72. The van der Waals surface area contributed by atoms with E-state index >= 15 is 0 Å². The van der Waals surface area contributed by atoms with Crippen LogP contribution in [-0.4, -0.2) is 48.3 Å². The van der Waals surface area contributed by atoms with Crippen LogP contribution in [0, 0.1) is 0 Å². The highest BCUT2D eigenvalue weighted by molar-refractivity contribution is 4.76. The van der Waals surface area contributed by atoms with Gasteiger partial charge in [0.15, 0.2) is 0 Å². The van der Waals surface area contributed by atoms with E-state index in [9.17, 15) is 0 Å². The van der Waals surface area contributed by atoms with Gasteiger partial charge in [0.2, 0.25) is 0 Å². The lowest BCUT2D eigenvalue weighted by molar-refractivity contribution is 0.228. The molecule has 0 aromatic carbocycles. The molecule has 1 atom stereocenters. The largest absolute Gasteiger partial charge is 0.396 e. The maximum Gasteiger partial charge on any atom is 0.0443 e. The predicted molar refractivity (Wildman–Crippen MR) is 64.1 cm³/mol. The van der Waals surface area contributed by atoms with Crippen molar-refractivity contribution in [2.45, 2.75) is 51.6 Å². The Hall–Kier alpha value is -0.120. The molecule has 1 heterocycles. The number of aliphatic hydroxyl groups excluding tert-OH is 1. The third kappa shape index (κ3) is 4.96. The van der Waals surface area contributed by atoms with Crippen molar-refractivity contribution in [2.75, 3.05) is 26.2 Å². The number of aliphatic hydroxyl groups is 1. The van der Waals surface area contributed by atoms with Crippen molar-refractivity contribution in [3.63, 3.8) is 0 Å². The van der Waals surface area contributed by atoms with E-state index in [2.05, 4.69) is 24.1 Å². The minimum absolute atomic E-state index is 0.303. The number of nitrogens with zero attached hydrogens (tertiary/aromatic N) is 1. The second-order valence-corrected chi connectivity index (χ2v) is 4.79. The van der Waals surface area contributed by atoms with E-state index in [-0.39, 0.29) is 0 Å². The first kappa shape index (κ1) is 12.9. The van der Waals surface area contributed by atoms with Crippen LogP contribution in [0.3, 0.4) is 0 Å². The van der Waals surface area contributed by atoms with Gasteiger partial charge >= 0.3 is 0 Å². The molecular weight excluding hydrogens is 188 g/mol. The van der Waals surface area contributed by atoms with Crippen molar-refractivity contribution in [3.8, 4) is 0 Å². The first-order chi connectivity index (χ1) is 7.24. The lowest BCUT2D eigenvalue weighted by Crippen LogP contribution is -2.34. The van der Waals surface area contributed by atoms with Gasteiger partial charge in [0.05, 0.1) is 0 Å². The van der Waals surface area contributed by atoms with Crippen LogP contribution in [0.25, 0.3) is 0 Å². The molecule has 1 unspecified atom stereocenters. The van der Waals surface area contributed by atoms with Crippen molar-refractivity contribution in [3.05, 3.63) is 0 Å².